The van der Waals surface area contributed by atoms with Crippen molar-refractivity contribution in [2.24, 2.45) is 0 Å². The molecule has 8 nitrogen and oxygen atoms in total. The third-order valence-electron chi connectivity index (χ3n) is 2.82. The molecule has 1 N–H and O–H groups in total. The molecule has 3 rings (SSSR count). The largest absolute Gasteiger partial charge is 0.465 e. The Hall–Kier alpha value is -3.07. The molecular formula is C14H11N5O3S. The lowest BCUT2D eigenvalue weighted by Gasteiger charge is -1.98. The van der Waals surface area contributed by atoms with Crippen molar-refractivity contribution >= 4 is 28.3 Å². The Morgan fingerprint density at radius 1 is 1.22 bits per heavy atom. The monoisotopic (exact) mass is 329 g/mol. The Morgan fingerprint density at radius 3 is 2.74 bits per heavy atom. The number of rotatable bonds is 4. The maximum absolute atomic E-state index is 12.1. The summed E-state index contributed by atoms with van der Waals surface area (Å²) in [6, 6.07) is 9.23. The molecular weight excluding hydrogens is 318 g/mol. The molecule has 0 atom stereocenters. The van der Waals surface area contributed by atoms with E-state index in [4.69, 9.17) is 0 Å². The molecule has 0 radical (unpaired) electrons. The van der Waals surface area contributed by atoms with Gasteiger partial charge in [-0.2, -0.15) is 9.90 Å². The zero-order valence-electron chi connectivity index (χ0n) is 12.0. The number of anilines is 1. The van der Waals surface area contributed by atoms with E-state index >= 15 is 0 Å². The van der Waals surface area contributed by atoms with E-state index in [2.05, 4.69) is 25.2 Å². The van der Waals surface area contributed by atoms with E-state index in [1.807, 2.05) is 30.3 Å². The lowest BCUT2D eigenvalue weighted by atomic mass is 10.3. The number of nitrogens with one attached hydrogen (secondary N) is 1. The van der Waals surface area contributed by atoms with Gasteiger partial charge < -0.3 is 4.74 Å². The summed E-state index contributed by atoms with van der Waals surface area (Å²) in [5.41, 5.74) is 0.887. The van der Waals surface area contributed by atoms with Crippen molar-refractivity contribution in [3.05, 3.63) is 53.3 Å². The molecule has 0 aliphatic heterocycles. The number of carbonyl (C=O) groups is 2. The van der Waals surface area contributed by atoms with Crippen LogP contribution in [0.1, 0.15) is 20.2 Å². The van der Waals surface area contributed by atoms with Gasteiger partial charge in [-0.15, -0.1) is 5.10 Å². The van der Waals surface area contributed by atoms with Gasteiger partial charge in [-0.1, -0.05) is 29.5 Å². The summed E-state index contributed by atoms with van der Waals surface area (Å²) in [4.78, 5) is 29.1. The lowest BCUT2D eigenvalue weighted by molar-refractivity contribution is 0.0606. The quantitative estimate of drug-likeness (QED) is 0.732. The number of nitrogens with zero attached hydrogens (tertiary/aromatic N) is 4. The van der Waals surface area contributed by atoms with Crippen LogP contribution in [-0.2, 0) is 4.74 Å². The number of aromatic nitrogens is 4. The minimum absolute atomic E-state index is 0.142. The highest BCUT2D eigenvalue weighted by Gasteiger charge is 2.15. The fourth-order valence-electron chi connectivity index (χ4n) is 1.74. The van der Waals surface area contributed by atoms with Crippen molar-refractivity contribution in [3.63, 3.8) is 0 Å². The molecule has 0 fully saturated rings. The first-order chi connectivity index (χ1) is 11.2. The first kappa shape index (κ1) is 14.9. The fourth-order valence-corrected chi connectivity index (χ4v) is 2.47. The van der Waals surface area contributed by atoms with Gasteiger partial charge in [0.2, 0.25) is 0 Å². The summed E-state index contributed by atoms with van der Waals surface area (Å²) in [6.07, 6.45) is 2.70. The topological polar surface area (TPSA) is 99.0 Å². The van der Waals surface area contributed by atoms with Crippen molar-refractivity contribution in [1.82, 2.24) is 20.0 Å². The number of hydrogen-bond donors (Lipinski definition) is 1. The normalized spacial score (nSPS) is 10.3. The zero-order chi connectivity index (χ0) is 16.2. The number of ether oxygens (including phenoxy) is 1. The zero-order valence-corrected chi connectivity index (χ0v) is 12.8. The molecule has 9 heteroatoms. The average molecular weight is 329 g/mol. The van der Waals surface area contributed by atoms with E-state index in [0.29, 0.717) is 4.88 Å². The summed E-state index contributed by atoms with van der Waals surface area (Å²) in [5, 5.41) is 11.0. The lowest BCUT2D eigenvalue weighted by Crippen LogP contribution is -2.13. The SMILES string of the molecule is COC(=O)c1cnc(NC(=O)c2cnn(-c3ccccc3)n2)s1. The number of para-hydroxylation sites is 1. The molecule has 23 heavy (non-hydrogen) atoms. The van der Waals surface area contributed by atoms with Gasteiger partial charge in [0, 0.05) is 0 Å². The van der Waals surface area contributed by atoms with Crippen LogP contribution in [0.2, 0.25) is 0 Å². The molecule has 1 amide bonds. The highest BCUT2D eigenvalue weighted by atomic mass is 32.1. The summed E-state index contributed by atoms with van der Waals surface area (Å²) in [5.74, 6) is -0.962. The van der Waals surface area contributed by atoms with Gasteiger partial charge in [0.25, 0.3) is 5.91 Å². The predicted molar refractivity (Wildman–Crippen MR) is 82.8 cm³/mol. The number of benzene rings is 1. The summed E-state index contributed by atoms with van der Waals surface area (Å²) in [7, 11) is 1.28. The second-order valence-corrected chi connectivity index (χ2v) is 5.36. The van der Waals surface area contributed by atoms with Crippen LogP contribution in [0.25, 0.3) is 5.69 Å². The number of amides is 1. The van der Waals surface area contributed by atoms with Crippen LogP contribution in [0, 0.1) is 0 Å². The van der Waals surface area contributed by atoms with Gasteiger partial charge in [-0.3, -0.25) is 10.1 Å². The molecule has 0 spiro atoms. The second kappa shape index (κ2) is 6.36. The van der Waals surface area contributed by atoms with Gasteiger partial charge in [0.1, 0.15) is 4.88 Å². The number of carbonyl (C=O) groups excluding carboxylic acids is 2. The maximum atomic E-state index is 12.1. The van der Waals surface area contributed by atoms with E-state index < -0.39 is 11.9 Å². The first-order valence-corrected chi connectivity index (χ1v) is 7.32. The van der Waals surface area contributed by atoms with E-state index in [0.717, 1.165) is 17.0 Å². The van der Waals surface area contributed by atoms with Crippen LogP contribution < -0.4 is 5.32 Å². The molecule has 116 valence electrons. The Kier molecular flexibility index (Phi) is 4.11. The predicted octanol–water partition coefficient (Wildman–Crippen LogP) is 1.76. The van der Waals surface area contributed by atoms with Crippen LogP contribution in [0.15, 0.2) is 42.7 Å². The average Bonchev–Trinajstić information content (AvgIpc) is 3.24. The molecule has 0 saturated carbocycles. The summed E-state index contributed by atoms with van der Waals surface area (Å²) >= 11 is 1.02. The molecule has 0 saturated heterocycles. The number of hydrogen-bond acceptors (Lipinski definition) is 7. The molecule has 2 heterocycles. The Bertz CT molecular complexity index is 843. The van der Waals surface area contributed by atoms with Crippen LogP contribution in [0.3, 0.4) is 0 Å². The van der Waals surface area contributed by atoms with E-state index in [9.17, 15) is 9.59 Å². The summed E-state index contributed by atoms with van der Waals surface area (Å²) < 4.78 is 4.58. The molecule has 0 bridgehead atoms. The first-order valence-electron chi connectivity index (χ1n) is 6.50. The fraction of sp³-hybridized carbons (Fsp3) is 0.0714. The number of thiazole rings is 1. The molecule has 3 aromatic rings. The van der Waals surface area contributed by atoms with Crippen molar-refractivity contribution < 1.29 is 14.3 Å². The van der Waals surface area contributed by atoms with Crippen LogP contribution in [0.4, 0.5) is 5.13 Å². The number of esters is 1. The van der Waals surface area contributed by atoms with Gasteiger partial charge in [0.15, 0.2) is 10.8 Å². The maximum Gasteiger partial charge on any atom is 0.349 e. The minimum atomic E-state index is -0.502. The highest BCUT2D eigenvalue weighted by molar-refractivity contribution is 7.17. The van der Waals surface area contributed by atoms with Crippen LogP contribution in [0.5, 0.6) is 0 Å². The molecule has 2 aromatic heterocycles. The van der Waals surface area contributed by atoms with E-state index in [-0.39, 0.29) is 10.8 Å². The molecule has 0 unspecified atom stereocenters. The van der Waals surface area contributed by atoms with Gasteiger partial charge in [-0.05, 0) is 12.1 Å². The molecule has 0 aliphatic carbocycles. The Morgan fingerprint density at radius 2 is 2.00 bits per heavy atom. The second-order valence-electron chi connectivity index (χ2n) is 4.33. The Balaban J connectivity index is 1.73. The van der Waals surface area contributed by atoms with Crippen molar-refractivity contribution in [2.45, 2.75) is 0 Å². The standard InChI is InChI=1S/C14H11N5O3S/c1-22-13(21)11-8-15-14(23-11)17-12(20)10-7-16-19(18-10)9-5-3-2-4-6-9/h2-8H,1H3,(H,15,17,20). The van der Waals surface area contributed by atoms with Gasteiger partial charge in [-0.25, -0.2) is 9.78 Å². The number of methoxy groups -OCH3 is 1. The van der Waals surface area contributed by atoms with Crippen molar-refractivity contribution in [2.75, 3.05) is 12.4 Å². The molecule has 0 aliphatic rings. The van der Waals surface area contributed by atoms with Gasteiger partial charge in [0.05, 0.1) is 25.2 Å². The van der Waals surface area contributed by atoms with Crippen molar-refractivity contribution in [1.29, 1.82) is 0 Å². The van der Waals surface area contributed by atoms with Crippen molar-refractivity contribution in [3.8, 4) is 5.69 Å². The molecule has 1 aromatic carbocycles. The Labute approximate surface area is 134 Å². The van der Waals surface area contributed by atoms with Crippen LogP contribution >= 0.6 is 11.3 Å². The highest BCUT2D eigenvalue weighted by Crippen LogP contribution is 2.19. The smallest absolute Gasteiger partial charge is 0.349 e. The third-order valence-corrected chi connectivity index (χ3v) is 3.72. The third kappa shape index (κ3) is 3.24. The van der Waals surface area contributed by atoms with E-state index in [1.54, 1.807) is 0 Å². The minimum Gasteiger partial charge on any atom is -0.465 e. The van der Waals surface area contributed by atoms with Gasteiger partial charge >= 0.3 is 5.97 Å². The van der Waals surface area contributed by atoms with Crippen LogP contribution in [-0.4, -0.2) is 39.0 Å². The van der Waals surface area contributed by atoms with E-state index in [1.165, 1.54) is 24.3 Å². The summed E-state index contributed by atoms with van der Waals surface area (Å²) in [6.45, 7) is 0.